The molecule has 0 spiro atoms. The van der Waals surface area contributed by atoms with Crippen LogP contribution in [0.3, 0.4) is 0 Å². The van der Waals surface area contributed by atoms with Gasteiger partial charge in [-0.25, -0.2) is 8.42 Å². The van der Waals surface area contributed by atoms with Crippen LogP contribution in [0.5, 0.6) is 0 Å². The van der Waals surface area contributed by atoms with Crippen LogP contribution >= 0.6 is 34.8 Å². The van der Waals surface area contributed by atoms with Gasteiger partial charge >= 0.3 is 0 Å². The molecule has 0 saturated carbocycles. The summed E-state index contributed by atoms with van der Waals surface area (Å²) in [4.78, 5) is 29.8. The highest BCUT2D eigenvalue weighted by molar-refractivity contribution is 7.92. The van der Waals surface area contributed by atoms with Gasteiger partial charge in [0.15, 0.2) is 0 Å². The molecular formula is C34H34Cl3N3O4S. The number of hydrogen-bond donors (Lipinski definition) is 1. The summed E-state index contributed by atoms with van der Waals surface area (Å²) in [5.41, 5.74) is 0.995. The van der Waals surface area contributed by atoms with E-state index in [4.69, 9.17) is 34.8 Å². The van der Waals surface area contributed by atoms with E-state index in [0.717, 1.165) is 9.87 Å². The number of sulfonamides is 1. The summed E-state index contributed by atoms with van der Waals surface area (Å²) in [7, 11) is -4.28. The zero-order valence-electron chi connectivity index (χ0n) is 25.1. The molecule has 0 saturated heterocycles. The van der Waals surface area contributed by atoms with E-state index >= 15 is 0 Å². The summed E-state index contributed by atoms with van der Waals surface area (Å²) in [6, 6.07) is 27.4. The van der Waals surface area contributed by atoms with Gasteiger partial charge in [0, 0.05) is 33.6 Å². The summed E-state index contributed by atoms with van der Waals surface area (Å²) >= 11 is 18.9. The lowest BCUT2D eigenvalue weighted by molar-refractivity contribution is -0.140. The number of rotatable bonds is 11. The minimum absolute atomic E-state index is 0.00994. The molecule has 0 aliphatic heterocycles. The van der Waals surface area contributed by atoms with E-state index < -0.39 is 34.1 Å². The SMILES string of the molecule is CC(C)(C)NC(=O)C(Cc1ccccc1)N(Cc1cccc(Cl)c1)C(=O)CN(c1cc(Cl)cc(Cl)c1)S(=O)(=O)c1ccccc1. The van der Waals surface area contributed by atoms with E-state index in [2.05, 4.69) is 5.32 Å². The first-order valence-corrected chi connectivity index (χ1v) is 16.7. The predicted molar refractivity (Wildman–Crippen MR) is 181 cm³/mol. The number of carbonyl (C=O) groups excluding carboxylic acids is 2. The number of anilines is 1. The van der Waals surface area contributed by atoms with E-state index in [-0.39, 0.29) is 39.5 Å². The van der Waals surface area contributed by atoms with Crippen molar-refractivity contribution in [2.45, 2.75) is 50.2 Å². The van der Waals surface area contributed by atoms with E-state index in [1.807, 2.05) is 51.1 Å². The van der Waals surface area contributed by atoms with Crippen molar-refractivity contribution >= 4 is 62.3 Å². The molecule has 0 radical (unpaired) electrons. The second-order valence-electron chi connectivity index (χ2n) is 11.5. The van der Waals surface area contributed by atoms with Crippen LogP contribution in [-0.4, -0.2) is 43.3 Å². The van der Waals surface area contributed by atoms with Gasteiger partial charge in [-0.3, -0.25) is 13.9 Å². The number of carbonyl (C=O) groups is 2. The van der Waals surface area contributed by atoms with Crippen LogP contribution in [-0.2, 0) is 32.6 Å². The molecular weight excluding hydrogens is 653 g/mol. The third-order valence-electron chi connectivity index (χ3n) is 6.76. The Morgan fingerprint density at radius 3 is 1.91 bits per heavy atom. The van der Waals surface area contributed by atoms with Crippen LogP contribution in [0.15, 0.2) is 108 Å². The zero-order chi connectivity index (χ0) is 32.8. The maximum atomic E-state index is 14.5. The zero-order valence-corrected chi connectivity index (χ0v) is 28.2. The average molecular weight is 687 g/mol. The molecule has 45 heavy (non-hydrogen) atoms. The van der Waals surface area contributed by atoms with Gasteiger partial charge in [-0.15, -0.1) is 0 Å². The molecule has 0 aliphatic carbocycles. The van der Waals surface area contributed by atoms with E-state index in [1.165, 1.54) is 35.2 Å². The van der Waals surface area contributed by atoms with E-state index in [9.17, 15) is 18.0 Å². The third-order valence-corrected chi connectivity index (χ3v) is 9.22. The second-order valence-corrected chi connectivity index (χ2v) is 14.7. The Balaban J connectivity index is 1.84. The molecule has 1 atom stereocenters. The molecule has 1 unspecified atom stereocenters. The molecule has 4 aromatic carbocycles. The van der Waals surface area contributed by atoms with Crippen LogP contribution in [0.4, 0.5) is 5.69 Å². The van der Waals surface area contributed by atoms with Gasteiger partial charge in [0.25, 0.3) is 10.0 Å². The van der Waals surface area contributed by atoms with Crippen molar-refractivity contribution < 1.29 is 18.0 Å². The number of nitrogens with zero attached hydrogens (tertiary/aromatic N) is 2. The van der Waals surface area contributed by atoms with Gasteiger partial charge in [0.1, 0.15) is 12.6 Å². The summed E-state index contributed by atoms with van der Waals surface area (Å²) in [5, 5.41) is 3.85. The number of amides is 2. The number of hydrogen-bond acceptors (Lipinski definition) is 4. The van der Waals surface area contributed by atoms with Crippen molar-refractivity contribution in [3.8, 4) is 0 Å². The Hall–Kier alpha value is -3.56. The normalized spacial score (nSPS) is 12.3. The van der Waals surface area contributed by atoms with Crippen LogP contribution < -0.4 is 9.62 Å². The minimum Gasteiger partial charge on any atom is -0.350 e. The van der Waals surface area contributed by atoms with Crippen molar-refractivity contribution in [2.75, 3.05) is 10.8 Å². The lowest BCUT2D eigenvalue weighted by Gasteiger charge is -2.35. The first-order valence-electron chi connectivity index (χ1n) is 14.2. The van der Waals surface area contributed by atoms with Crippen LogP contribution in [0.1, 0.15) is 31.9 Å². The Bertz CT molecular complexity index is 1730. The maximum absolute atomic E-state index is 14.5. The maximum Gasteiger partial charge on any atom is 0.264 e. The Morgan fingerprint density at radius 1 is 0.756 bits per heavy atom. The van der Waals surface area contributed by atoms with Gasteiger partial charge in [-0.1, -0.05) is 95.5 Å². The van der Waals surface area contributed by atoms with Crippen molar-refractivity contribution in [2.24, 2.45) is 0 Å². The fourth-order valence-electron chi connectivity index (χ4n) is 4.77. The topological polar surface area (TPSA) is 86.8 Å². The minimum atomic E-state index is -4.28. The standard InChI is InChI=1S/C34H34Cl3N3O4S/c1-34(2,3)38-33(42)31(18-24-11-6-4-7-12-24)39(22-25-13-10-14-26(35)17-25)32(41)23-40(29-20-27(36)19-28(37)21-29)45(43,44)30-15-8-5-9-16-30/h4-17,19-21,31H,18,22-23H2,1-3H3,(H,38,42). The molecule has 1 N–H and O–H groups in total. The second kappa shape index (κ2) is 14.7. The number of halogens is 3. The average Bonchev–Trinajstić information content (AvgIpc) is 2.97. The quantitative estimate of drug-likeness (QED) is 0.178. The summed E-state index contributed by atoms with van der Waals surface area (Å²) in [5.74, 6) is -0.999. The highest BCUT2D eigenvalue weighted by Gasteiger charge is 2.35. The third kappa shape index (κ3) is 9.47. The molecule has 11 heteroatoms. The van der Waals surface area contributed by atoms with Crippen molar-refractivity contribution in [3.05, 3.63) is 129 Å². The molecule has 0 bridgehead atoms. The molecule has 4 aromatic rings. The molecule has 0 fully saturated rings. The highest BCUT2D eigenvalue weighted by atomic mass is 35.5. The van der Waals surface area contributed by atoms with Crippen molar-refractivity contribution in [1.82, 2.24) is 10.2 Å². The molecule has 2 amide bonds. The van der Waals surface area contributed by atoms with E-state index in [1.54, 1.807) is 42.5 Å². The Kier molecular flexibility index (Phi) is 11.2. The molecule has 0 aliphatic rings. The van der Waals surface area contributed by atoms with Crippen LogP contribution in [0.2, 0.25) is 15.1 Å². The van der Waals surface area contributed by atoms with Crippen molar-refractivity contribution in [3.63, 3.8) is 0 Å². The van der Waals surface area contributed by atoms with Crippen LogP contribution in [0.25, 0.3) is 0 Å². The summed E-state index contributed by atoms with van der Waals surface area (Å²) < 4.78 is 29.1. The Morgan fingerprint density at radius 2 is 1.33 bits per heavy atom. The first kappa shape index (κ1) is 34.3. The lowest BCUT2D eigenvalue weighted by Crippen LogP contribution is -2.56. The van der Waals surface area contributed by atoms with Crippen molar-refractivity contribution in [1.29, 1.82) is 0 Å². The smallest absolute Gasteiger partial charge is 0.264 e. The van der Waals surface area contributed by atoms with Gasteiger partial charge in [0.2, 0.25) is 11.8 Å². The van der Waals surface area contributed by atoms with E-state index in [0.29, 0.717) is 10.6 Å². The van der Waals surface area contributed by atoms with Gasteiger partial charge in [-0.2, -0.15) is 0 Å². The highest BCUT2D eigenvalue weighted by Crippen LogP contribution is 2.30. The first-order chi connectivity index (χ1) is 21.2. The monoisotopic (exact) mass is 685 g/mol. The van der Waals surface area contributed by atoms with Gasteiger partial charge < -0.3 is 10.2 Å². The number of benzene rings is 4. The lowest BCUT2D eigenvalue weighted by atomic mass is 10.0. The molecule has 236 valence electrons. The molecule has 4 rings (SSSR count). The number of nitrogens with one attached hydrogen (secondary N) is 1. The molecule has 0 heterocycles. The summed E-state index contributed by atoms with van der Waals surface area (Å²) in [6.45, 7) is 4.91. The predicted octanol–water partition coefficient (Wildman–Crippen LogP) is 7.40. The molecule has 0 aromatic heterocycles. The molecule has 7 nitrogen and oxygen atoms in total. The fourth-order valence-corrected chi connectivity index (χ4v) is 6.92. The van der Waals surface area contributed by atoms with Gasteiger partial charge in [0.05, 0.1) is 10.6 Å². The summed E-state index contributed by atoms with van der Waals surface area (Å²) in [6.07, 6.45) is 0.184. The fraction of sp³-hybridized carbons (Fsp3) is 0.235. The largest absolute Gasteiger partial charge is 0.350 e. The van der Waals surface area contributed by atoms with Gasteiger partial charge in [-0.05, 0) is 74.4 Å². The van der Waals surface area contributed by atoms with Crippen LogP contribution in [0, 0.1) is 0 Å². The Labute approximate surface area is 279 Å².